The van der Waals surface area contributed by atoms with Gasteiger partial charge in [0.15, 0.2) is 0 Å². The van der Waals surface area contributed by atoms with Crippen molar-refractivity contribution in [1.29, 1.82) is 0 Å². The molecule has 110 valence electrons. The first-order chi connectivity index (χ1) is 9.70. The van der Waals surface area contributed by atoms with E-state index < -0.39 is 0 Å². The van der Waals surface area contributed by atoms with Crippen LogP contribution in [0, 0.1) is 0 Å². The molecule has 1 saturated heterocycles. The molecule has 1 amide bonds. The smallest absolute Gasteiger partial charge is 0.236 e. The minimum atomic E-state index is -0.268. The lowest BCUT2D eigenvalue weighted by Crippen LogP contribution is -2.56. The summed E-state index contributed by atoms with van der Waals surface area (Å²) in [4.78, 5) is 13.6. The summed E-state index contributed by atoms with van der Waals surface area (Å²) in [5.74, 6) is 0.616. The molecule has 2 rings (SSSR count). The topological polar surface area (TPSA) is 67.6 Å². The fourth-order valence-electron chi connectivity index (χ4n) is 2.40. The molecule has 1 aromatic rings. The number of ether oxygens (including phenoxy) is 1. The molecule has 5 heteroatoms. The summed E-state index contributed by atoms with van der Waals surface area (Å²) in [6.45, 7) is 5.87. The second kappa shape index (κ2) is 7.26. The summed E-state index contributed by atoms with van der Waals surface area (Å²) in [6.07, 6.45) is 0.992. The second-order valence-corrected chi connectivity index (χ2v) is 5.09. The standard InChI is InChI=1S/C15H23N3O2/c1-2-8-20-13-5-3-4-12(9-13)11-18-7-6-17-10-14(18)15(16)19/h3-5,9,14,17H,2,6-8,10-11H2,1H3,(H2,16,19). The predicted octanol–water partition coefficient (Wildman–Crippen LogP) is 0.735. The molecule has 1 aromatic carbocycles. The van der Waals surface area contributed by atoms with Crippen LogP contribution in [0.15, 0.2) is 24.3 Å². The molecule has 1 aliphatic rings. The Morgan fingerprint density at radius 3 is 3.15 bits per heavy atom. The number of carbonyl (C=O) groups is 1. The van der Waals surface area contributed by atoms with Crippen LogP contribution < -0.4 is 15.8 Å². The van der Waals surface area contributed by atoms with Crippen molar-refractivity contribution in [3.05, 3.63) is 29.8 Å². The lowest BCUT2D eigenvalue weighted by molar-refractivity contribution is -0.124. The van der Waals surface area contributed by atoms with Gasteiger partial charge in [-0.2, -0.15) is 0 Å². The largest absolute Gasteiger partial charge is 0.494 e. The van der Waals surface area contributed by atoms with E-state index in [1.165, 1.54) is 0 Å². The van der Waals surface area contributed by atoms with Crippen molar-refractivity contribution in [2.24, 2.45) is 5.73 Å². The van der Waals surface area contributed by atoms with E-state index in [9.17, 15) is 4.79 Å². The van der Waals surface area contributed by atoms with Gasteiger partial charge in [-0.3, -0.25) is 9.69 Å². The molecule has 1 heterocycles. The molecule has 0 bridgehead atoms. The number of carbonyl (C=O) groups excluding carboxylic acids is 1. The van der Waals surface area contributed by atoms with Crippen LogP contribution in [0.5, 0.6) is 5.75 Å². The Morgan fingerprint density at radius 2 is 2.40 bits per heavy atom. The van der Waals surface area contributed by atoms with E-state index in [1.807, 2.05) is 18.2 Å². The Morgan fingerprint density at radius 1 is 1.55 bits per heavy atom. The van der Waals surface area contributed by atoms with Gasteiger partial charge < -0.3 is 15.8 Å². The molecular weight excluding hydrogens is 254 g/mol. The first-order valence-corrected chi connectivity index (χ1v) is 7.16. The maximum atomic E-state index is 11.5. The van der Waals surface area contributed by atoms with E-state index in [0.29, 0.717) is 6.54 Å². The Hall–Kier alpha value is -1.59. The lowest BCUT2D eigenvalue weighted by Gasteiger charge is -2.34. The van der Waals surface area contributed by atoms with Crippen LogP contribution in [-0.4, -0.2) is 43.1 Å². The van der Waals surface area contributed by atoms with Crippen molar-refractivity contribution < 1.29 is 9.53 Å². The molecule has 0 saturated carbocycles. The predicted molar refractivity (Wildman–Crippen MR) is 78.5 cm³/mol. The van der Waals surface area contributed by atoms with Gasteiger partial charge in [-0.05, 0) is 24.1 Å². The molecular formula is C15H23N3O2. The lowest BCUT2D eigenvalue weighted by atomic mass is 10.1. The van der Waals surface area contributed by atoms with Gasteiger partial charge in [-0.1, -0.05) is 19.1 Å². The number of benzene rings is 1. The molecule has 20 heavy (non-hydrogen) atoms. The van der Waals surface area contributed by atoms with Gasteiger partial charge in [0.25, 0.3) is 0 Å². The molecule has 1 aliphatic heterocycles. The zero-order valence-electron chi connectivity index (χ0n) is 12.0. The number of nitrogens with one attached hydrogen (secondary N) is 1. The van der Waals surface area contributed by atoms with Crippen LogP contribution in [0.1, 0.15) is 18.9 Å². The van der Waals surface area contributed by atoms with Gasteiger partial charge in [-0.15, -0.1) is 0 Å². The highest BCUT2D eigenvalue weighted by molar-refractivity contribution is 5.80. The number of amides is 1. The number of hydrogen-bond acceptors (Lipinski definition) is 4. The van der Waals surface area contributed by atoms with Crippen molar-refractivity contribution in [2.45, 2.75) is 25.9 Å². The summed E-state index contributed by atoms with van der Waals surface area (Å²) in [5.41, 5.74) is 6.61. The first kappa shape index (κ1) is 14.8. The summed E-state index contributed by atoms with van der Waals surface area (Å²) < 4.78 is 5.64. The van der Waals surface area contributed by atoms with Crippen LogP contribution in [-0.2, 0) is 11.3 Å². The average molecular weight is 277 g/mol. The van der Waals surface area contributed by atoms with Gasteiger partial charge in [0.05, 0.1) is 6.61 Å². The summed E-state index contributed by atoms with van der Waals surface area (Å²) >= 11 is 0. The molecule has 0 radical (unpaired) electrons. The Kier molecular flexibility index (Phi) is 5.38. The number of hydrogen-bond donors (Lipinski definition) is 2. The molecule has 5 nitrogen and oxygen atoms in total. The fourth-order valence-corrected chi connectivity index (χ4v) is 2.40. The number of nitrogens with zero attached hydrogens (tertiary/aromatic N) is 1. The third-order valence-electron chi connectivity index (χ3n) is 3.44. The molecule has 0 spiro atoms. The third kappa shape index (κ3) is 3.95. The van der Waals surface area contributed by atoms with Crippen LogP contribution in [0.25, 0.3) is 0 Å². The van der Waals surface area contributed by atoms with Crippen LogP contribution in [0.4, 0.5) is 0 Å². The van der Waals surface area contributed by atoms with Gasteiger partial charge in [-0.25, -0.2) is 0 Å². The number of nitrogens with two attached hydrogens (primary N) is 1. The normalized spacial score (nSPS) is 19.8. The maximum Gasteiger partial charge on any atom is 0.236 e. The van der Waals surface area contributed by atoms with Gasteiger partial charge in [0.2, 0.25) is 5.91 Å². The highest BCUT2D eigenvalue weighted by atomic mass is 16.5. The molecule has 0 aromatic heterocycles. The molecule has 1 fully saturated rings. The van der Waals surface area contributed by atoms with E-state index in [-0.39, 0.29) is 11.9 Å². The van der Waals surface area contributed by atoms with Crippen molar-refractivity contribution in [3.8, 4) is 5.75 Å². The van der Waals surface area contributed by atoms with Crippen molar-refractivity contribution >= 4 is 5.91 Å². The van der Waals surface area contributed by atoms with Crippen molar-refractivity contribution in [3.63, 3.8) is 0 Å². The summed E-state index contributed by atoms with van der Waals surface area (Å²) in [7, 11) is 0. The van der Waals surface area contributed by atoms with Crippen LogP contribution in [0.3, 0.4) is 0 Å². The summed E-state index contributed by atoms with van der Waals surface area (Å²) in [6, 6.07) is 7.81. The first-order valence-electron chi connectivity index (χ1n) is 7.16. The van der Waals surface area contributed by atoms with E-state index >= 15 is 0 Å². The van der Waals surface area contributed by atoms with E-state index in [1.54, 1.807) is 0 Å². The minimum Gasteiger partial charge on any atom is -0.494 e. The highest BCUT2D eigenvalue weighted by Crippen LogP contribution is 2.17. The third-order valence-corrected chi connectivity index (χ3v) is 3.44. The number of piperazine rings is 1. The van der Waals surface area contributed by atoms with Gasteiger partial charge in [0, 0.05) is 26.2 Å². The monoisotopic (exact) mass is 277 g/mol. The fraction of sp³-hybridized carbons (Fsp3) is 0.533. The maximum absolute atomic E-state index is 11.5. The highest BCUT2D eigenvalue weighted by Gasteiger charge is 2.26. The molecule has 1 atom stereocenters. The zero-order valence-corrected chi connectivity index (χ0v) is 12.0. The second-order valence-electron chi connectivity index (χ2n) is 5.09. The number of primary amides is 1. The zero-order chi connectivity index (χ0) is 14.4. The van der Waals surface area contributed by atoms with Crippen LogP contribution >= 0.6 is 0 Å². The molecule has 3 N–H and O–H groups in total. The SMILES string of the molecule is CCCOc1cccc(CN2CCNCC2C(N)=O)c1. The van der Waals surface area contributed by atoms with Crippen molar-refractivity contribution in [1.82, 2.24) is 10.2 Å². The van der Waals surface area contributed by atoms with E-state index in [4.69, 9.17) is 10.5 Å². The average Bonchev–Trinajstić information content (AvgIpc) is 2.46. The Bertz CT molecular complexity index is 450. The number of rotatable bonds is 6. The molecule has 1 unspecified atom stereocenters. The molecule has 0 aliphatic carbocycles. The van der Waals surface area contributed by atoms with Gasteiger partial charge >= 0.3 is 0 Å². The van der Waals surface area contributed by atoms with E-state index in [2.05, 4.69) is 23.2 Å². The van der Waals surface area contributed by atoms with E-state index in [0.717, 1.165) is 44.0 Å². The van der Waals surface area contributed by atoms with Gasteiger partial charge in [0.1, 0.15) is 11.8 Å². The van der Waals surface area contributed by atoms with Crippen molar-refractivity contribution in [2.75, 3.05) is 26.2 Å². The Labute approximate surface area is 120 Å². The minimum absolute atomic E-state index is 0.232. The summed E-state index contributed by atoms with van der Waals surface area (Å²) in [5, 5.41) is 3.20. The quantitative estimate of drug-likeness (QED) is 0.804. The van der Waals surface area contributed by atoms with Crippen LogP contribution in [0.2, 0.25) is 0 Å². The Balaban J connectivity index is 2.02.